The van der Waals surface area contributed by atoms with E-state index in [0.717, 1.165) is 42.4 Å². The molecule has 1 atom stereocenters. The Kier molecular flexibility index (Phi) is 9.79. The van der Waals surface area contributed by atoms with Gasteiger partial charge < -0.3 is 10.2 Å². The van der Waals surface area contributed by atoms with Gasteiger partial charge in [-0.1, -0.05) is 62.6 Å². The van der Waals surface area contributed by atoms with E-state index in [1.165, 1.54) is 30.3 Å². The highest BCUT2D eigenvalue weighted by atomic mass is 32.2. The maximum Gasteiger partial charge on any atom is 0.243 e. The van der Waals surface area contributed by atoms with E-state index in [1.807, 2.05) is 38.1 Å². The highest BCUT2D eigenvalue weighted by Gasteiger charge is 2.30. The van der Waals surface area contributed by atoms with Crippen molar-refractivity contribution in [2.75, 3.05) is 5.75 Å². The molecule has 1 saturated carbocycles. The van der Waals surface area contributed by atoms with Gasteiger partial charge in [-0.15, -0.1) is 11.8 Å². The Bertz CT molecular complexity index is 913. The van der Waals surface area contributed by atoms with Gasteiger partial charge in [0.2, 0.25) is 11.8 Å². The summed E-state index contributed by atoms with van der Waals surface area (Å²) in [5.74, 6) is 0.538. The number of benzene rings is 2. The number of carbonyl (C=O) groups excluding carboxylic acids is 2. The van der Waals surface area contributed by atoms with Crippen LogP contribution in [0.1, 0.15) is 62.1 Å². The molecule has 3 rings (SSSR count). The number of amides is 2. The molecule has 0 aliphatic heterocycles. The molecule has 1 fully saturated rings. The summed E-state index contributed by atoms with van der Waals surface area (Å²) >= 11 is 1.49. The van der Waals surface area contributed by atoms with Crippen molar-refractivity contribution in [1.82, 2.24) is 10.2 Å². The molecule has 0 unspecified atom stereocenters. The molecular formula is C27H35FN2O2S. The lowest BCUT2D eigenvalue weighted by Gasteiger charge is -2.33. The Morgan fingerprint density at radius 2 is 1.79 bits per heavy atom. The van der Waals surface area contributed by atoms with Gasteiger partial charge in [-0.25, -0.2) is 4.39 Å². The Morgan fingerprint density at radius 3 is 2.45 bits per heavy atom. The normalized spacial score (nSPS) is 15.1. The molecule has 4 nitrogen and oxygen atoms in total. The quantitative estimate of drug-likeness (QED) is 0.490. The summed E-state index contributed by atoms with van der Waals surface area (Å²) in [6.45, 7) is 4.42. The highest BCUT2D eigenvalue weighted by molar-refractivity contribution is 7.99. The van der Waals surface area contributed by atoms with Crippen LogP contribution in [0.3, 0.4) is 0 Å². The summed E-state index contributed by atoms with van der Waals surface area (Å²) in [5, 5.41) is 3.22. The smallest absolute Gasteiger partial charge is 0.243 e. The number of rotatable bonds is 10. The van der Waals surface area contributed by atoms with E-state index in [0.29, 0.717) is 18.7 Å². The first kappa shape index (κ1) is 25.3. The van der Waals surface area contributed by atoms with Crippen molar-refractivity contribution in [2.24, 2.45) is 0 Å². The number of hydrogen-bond acceptors (Lipinski definition) is 3. The third kappa shape index (κ3) is 7.60. The van der Waals surface area contributed by atoms with Crippen LogP contribution in [-0.2, 0) is 21.9 Å². The van der Waals surface area contributed by atoms with E-state index in [-0.39, 0.29) is 29.4 Å². The molecule has 1 aliphatic carbocycles. The molecule has 2 amide bonds. The lowest BCUT2D eigenvalue weighted by molar-refractivity contribution is -0.139. The van der Waals surface area contributed by atoms with Crippen molar-refractivity contribution >= 4 is 23.6 Å². The standard InChI is InChI=1S/C27H35FN2O2S/c1-3-25(27(32)29-24-11-5-4-6-12-24)30(17-22-10-8-7-9-20(22)2)26(31)19-33-18-21-13-15-23(28)16-14-21/h7-10,13-16,24-25H,3-6,11-12,17-19H2,1-2H3,(H,29,32)/t25-/m1/s1. The second-order valence-electron chi connectivity index (χ2n) is 8.83. The van der Waals surface area contributed by atoms with E-state index in [9.17, 15) is 14.0 Å². The van der Waals surface area contributed by atoms with E-state index >= 15 is 0 Å². The van der Waals surface area contributed by atoms with Crippen LogP contribution in [0.15, 0.2) is 48.5 Å². The van der Waals surface area contributed by atoms with Gasteiger partial charge >= 0.3 is 0 Å². The van der Waals surface area contributed by atoms with Gasteiger partial charge in [-0.2, -0.15) is 0 Å². The van der Waals surface area contributed by atoms with E-state index < -0.39 is 6.04 Å². The van der Waals surface area contributed by atoms with Crippen LogP contribution >= 0.6 is 11.8 Å². The van der Waals surface area contributed by atoms with Crippen LogP contribution in [0.4, 0.5) is 4.39 Å². The third-order valence-corrected chi connectivity index (χ3v) is 7.34. The van der Waals surface area contributed by atoms with Crippen molar-refractivity contribution in [3.8, 4) is 0 Å². The molecule has 0 heterocycles. The van der Waals surface area contributed by atoms with Crippen LogP contribution in [0.2, 0.25) is 0 Å². The predicted octanol–water partition coefficient (Wildman–Crippen LogP) is 5.62. The molecule has 0 aromatic heterocycles. The van der Waals surface area contributed by atoms with Crippen molar-refractivity contribution in [2.45, 2.75) is 76.8 Å². The molecule has 0 bridgehead atoms. The number of halogens is 1. The summed E-state index contributed by atoms with van der Waals surface area (Å²) in [7, 11) is 0. The van der Waals surface area contributed by atoms with E-state index in [4.69, 9.17) is 0 Å². The summed E-state index contributed by atoms with van der Waals surface area (Å²) in [6, 6.07) is 14.1. The number of nitrogens with one attached hydrogen (secondary N) is 1. The van der Waals surface area contributed by atoms with Gasteiger partial charge in [0.15, 0.2) is 0 Å². The molecule has 0 spiro atoms. The monoisotopic (exact) mass is 470 g/mol. The summed E-state index contributed by atoms with van der Waals surface area (Å²) in [6.07, 6.45) is 6.12. The predicted molar refractivity (Wildman–Crippen MR) is 133 cm³/mol. The minimum atomic E-state index is -0.495. The van der Waals surface area contributed by atoms with Crippen molar-refractivity contribution in [3.05, 3.63) is 71.0 Å². The van der Waals surface area contributed by atoms with Gasteiger partial charge in [-0.3, -0.25) is 9.59 Å². The Hall–Kier alpha value is -2.34. The fraction of sp³-hybridized carbons (Fsp3) is 0.481. The average Bonchev–Trinajstić information content (AvgIpc) is 2.82. The lowest BCUT2D eigenvalue weighted by Crippen LogP contribution is -2.52. The van der Waals surface area contributed by atoms with E-state index in [1.54, 1.807) is 17.0 Å². The van der Waals surface area contributed by atoms with Crippen molar-refractivity contribution < 1.29 is 14.0 Å². The first-order valence-electron chi connectivity index (χ1n) is 11.9. The van der Waals surface area contributed by atoms with Crippen LogP contribution in [0.5, 0.6) is 0 Å². The molecule has 1 N–H and O–H groups in total. The van der Waals surface area contributed by atoms with Crippen molar-refractivity contribution in [3.63, 3.8) is 0 Å². The fourth-order valence-electron chi connectivity index (χ4n) is 4.35. The summed E-state index contributed by atoms with van der Waals surface area (Å²) in [5.41, 5.74) is 3.14. The highest BCUT2D eigenvalue weighted by Crippen LogP contribution is 2.21. The molecule has 0 radical (unpaired) electrons. The Balaban J connectivity index is 1.70. The second kappa shape index (κ2) is 12.8. The number of aryl methyl sites for hydroxylation is 1. The van der Waals surface area contributed by atoms with Gasteiger partial charge in [0, 0.05) is 18.3 Å². The SMILES string of the molecule is CC[C@H](C(=O)NC1CCCCC1)N(Cc1ccccc1C)C(=O)CSCc1ccc(F)cc1. The number of thioether (sulfide) groups is 1. The minimum absolute atomic E-state index is 0.0454. The minimum Gasteiger partial charge on any atom is -0.352 e. The Labute approximate surface area is 201 Å². The van der Waals surface area contributed by atoms with Gasteiger partial charge in [0.1, 0.15) is 11.9 Å². The van der Waals surface area contributed by atoms with Crippen LogP contribution in [-0.4, -0.2) is 34.6 Å². The van der Waals surface area contributed by atoms with Gasteiger partial charge in [0.25, 0.3) is 0 Å². The largest absolute Gasteiger partial charge is 0.352 e. The second-order valence-corrected chi connectivity index (χ2v) is 9.82. The molecular weight excluding hydrogens is 435 g/mol. The lowest BCUT2D eigenvalue weighted by atomic mass is 9.95. The maximum atomic E-state index is 13.4. The van der Waals surface area contributed by atoms with E-state index in [2.05, 4.69) is 5.32 Å². The first-order valence-corrected chi connectivity index (χ1v) is 13.1. The zero-order chi connectivity index (χ0) is 23.6. The van der Waals surface area contributed by atoms with Gasteiger partial charge in [0.05, 0.1) is 5.75 Å². The molecule has 2 aromatic rings. The van der Waals surface area contributed by atoms with Crippen LogP contribution in [0, 0.1) is 12.7 Å². The van der Waals surface area contributed by atoms with Gasteiger partial charge in [-0.05, 0) is 55.0 Å². The summed E-state index contributed by atoms with van der Waals surface area (Å²) in [4.78, 5) is 28.4. The average molecular weight is 471 g/mol. The first-order chi connectivity index (χ1) is 16.0. The van der Waals surface area contributed by atoms with Crippen LogP contribution < -0.4 is 5.32 Å². The zero-order valence-electron chi connectivity index (χ0n) is 19.7. The summed E-state index contributed by atoms with van der Waals surface area (Å²) < 4.78 is 13.1. The molecule has 178 valence electrons. The number of nitrogens with zero attached hydrogens (tertiary/aromatic N) is 1. The zero-order valence-corrected chi connectivity index (χ0v) is 20.5. The van der Waals surface area contributed by atoms with Crippen LogP contribution in [0.25, 0.3) is 0 Å². The van der Waals surface area contributed by atoms with Crippen molar-refractivity contribution in [1.29, 1.82) is 0 Å². The third-order valence-electron chi connectivity index (χ3n) is 6.35. The molecule has 2 aromatic carbocycles. The molecule has 1 aliphatic rings. The Morgan fingerprint density at radius 1 is 1.09 bits per heavy atom. The topological polar surface area (TPSA) is 49.4 Å². The number of hydrogen-bond donors (Lipinski definition) is 1. The molecule has 6 heteroatoms. The number of carbonyl (C=O) groups is 2. The molecule has 0 saturated heterocycles. The molecule has 33 heavy (non-hydrogen) atoms. The maximum absolute atomic E-state index is 13.4. The fourth-order valence-corrected chi connectivity index (χ4v) is 5.23.